The van der Waals surface area contributed by atoms with Crippen LogP contribution in [0.5, 0.6) is 0 Å². The van der Waals surface area contributed by atoms with Crippen LogP contribution in [0.2, 0.25) is 0 Å². The Morgan fingerprint density at radius 1 is 1.21 bits per heavy atom. The van der Waals surface area contributed by atoms with Crippen molar-refractivity contribution in [3.63, 3.8) is 0 Å². The first-order valence-corrected chi connectivity index (χ1v) is 4.44. The van der Waals surface area contributed by atoms with Gasteiger partial charge in [0.05, 0.1) is 16.7 Å². The zero-order valence-corrected chi connectivity index (χ0v) is 8.53. The maximum atomic E-state index is 11.6. The minimum absolute atomic E-state index is 0.0442. The number of aromatic nitrogens is 2. The van der Waals surface area contributed by atoms with Gasteiger partial charge in [0.1, 0.15) is 0 Å². The first-order chi connectivity index (χ1) is 6.52. The number of nitrogens with two attached hydrogens (primary N) is 1. The Kier molecular flexibility index (Phi) is 1.67. The summed E-state index contributed by atoms with van der Waals surface area (Å²) in [5.74, 6) is 0. The van der Waals surface area contributed by atoms with Crippen LogP contribution in [-0.2, 0) is 14.1 Å². The third kappa shape index (κ3) is 0.968. The zero-order valence-electron chi connectivity index (χ0n) is 8.53. The summed E-state index contributed by atoms with van der Waals surface area (Å²) in [6.07, 6.45) is 0. The van der Waals surface area contributed by atoms with E-state index in [4.69, 9.17) is 5.73 Å². The number of hydrogen-bond acceptors (Lipinski definition) is 2. The van der Waals surface area contributed by atoms with E-state index < -0.39 is 0 Å². The smallest absolute Gasteiger partial charge is 0.328 e. The Hall–Kier alpha value is -1.71. The van der Waals surface area contributed by atoms with Crippen molar-refractivity contribution in [2.45, 2.75) is 6.92 Å². The number of benzene rings is 1. The number of imidazole rings is 1. The van der Waals surface area contributed by atoms with Gasteiger partial charge < -0.3 is 5.73 Å². The van der Waals surface area contributed by atoms with Crippen LogP contribution in [-0.4, -0.2) is 9.13 Å². The second-order valence-electron chi connectivity index (χ2n) is 3.62. The zero-order chi connectivity index (χ0) is 10.5. The van der Waals surface area contributed by atoms with Crippen molar-refractivity contribution in [1.29, 1.82) is 0 Å². The van der Waals surface area contributed by atoms with E-state index in [1.165, 1.54) is 0 Å². The second-order valence-corrected chi connectivity index (χ2v) is 3.62. The largest absolute Gasteiger partial charge is 0.397 e. The Balaban J connectivity index is 3.10. The van der Waals surface area contributed by atoms with Gasteiger partial charge in [-0.15, -0.1) is 0 Å². The normalized spacial score (nSPS) is 11.1. The quantitative estimate of drug-likeness (QED) is 0.625. The van der Waals surface area contributed by atoms with E-state index in [0.717, 1.165) is 16.6 Å². The molecule has 0 bridgehead atoms. The lowest BCUT2D eigenvalue weighted by atomic mass is 10.2. The van der Waals surface area contributed by atoms with Crippen LogP contribution >= 0.6 is 0 Å². The highest BCUT2D eigenvalue weighted by Crippen LogP contribution is 2.20. The fraction of sp³-hybridized carbons (Fsp3) is 0.300. The molecule has 0 amide bonds. The van der Waals surface area contributed by atoms with E-state index in [0.29, 0.717) is 5.69 Å². The monoisotopic (exact) mass is 191 g/mol. The molecule has 2 rings (SSSR count). The predicted octanol–water partition coefficient (Wildman–Crippen LogP) is 0.768. The summed E-state index contributed by atoms with van der Waals surface area (Å²) < 4.78 is 3.18. The third-order valence-electron chi connectivity index (χ3n) is 2.53. The molecule has 2 N–H and O–H groups in total. The molecule has 4 heteroatoms. The van der Waals surface area contributed by atoms with Crippen LogP contribution in [0, 0.1) is 6.92 Å². The van der Waals surface area contributed by atoms with Gasteiger partial charge >= 0.3 is 5.69 Å². The van der Waals surface area contributed by atoms with Gasteiger partial charge in [0.15, 0.2) is 0 Å². The maximum absolute atomic E-state index is 11.6. The molecule has 4 nitrogen and oxygen atoms in total. The van der Waals surface area contributed by atoms with Gasteiger partial charge in [-0.1, -0.05) is 0 Å². The average Bonchev–Trinajstić information content (AvgIpc) is 2.31. The van der Waals surface area contributed by atoms with Crippen molar-refractivity contribution >= 4 is 16.7 Å². The predicted molar refractivity (Wildman–Crippen MR) is 57.3 cm³/mol. The minimum atomic E-state index is -0.0442. The lowest BCUT2D eigenvalue weighted by Crippen LogP contribution is -2.19. The number of nitrogen functional groups attached to an aromatic ring is 1. The molecule has 14 heavy (non-hydrogen) atoms. The lowest BCUT2D eigenvalue weighted by molar-refractivity contribution is 0.795. The molecule has 0 unspecified atom stereocenters. The number of rotatable bonds is 0. The Labute approximate surface area is 81.6 Å². The highest BCUT2D eigenvalue weighted by atomic mass is 16.1. The van der Waals surface area contributed by atoms with Crippen molar-refractivity contribution in [3.05, 3.63) is 28.2 Å². The fourth-order valence-electron chi connectivity index (χ4n) is 1.83. The van der Waals surface area contributed by atoms with Crippen molar-refractivity contribution in [2.75, 3.05) is 5.73 Å². The van der Waals surface area contributed by atoms with Crippen molar-refractivity contribution in [1.82, 2.24) is 9.13 Å². The molecule has 0 spiro atoms. The van der Waals surface area contributed by atoms with Crippen LogP contribution < -0.4 is 11.4 Å². The van der Waals surface area contributed by atoms with Gasteiger partial charge in [-0.25, -0.2) is 4.79 Å². The molecule has 0 aliphatic heterocycles. The van der Waals surface area contributed by atoms with Gasteiger partial charge in [-0.05, 0) is 24.6 Å². The van der Waals surface area contributed by atoms with Crippen LogP contribution in [0.3, 0.4) is 0 Å². The highest BCUT2D eigenvalue weighted by Gasteiger charge is 2.10. The van der Waals surface area contributed by atoms with Crippen molar-refractivity contribution in [3.8, 4) is 0 Å². The molecular weight excluding hydrogens is 178 g/mol. The van der Waals surface area contributed by atoms with Gasteiger partial charge in [-0.3, -0.25) is 9.13 Å². The standard InChI is InChI=1S/C10H13N3O/c1-6-4-7(11)9-8(5-6)12(2)10(14)13(9)3/h4-5H,11H2,1-3H3. The summed E-state index contributed by atoms with van der Waals surface area (Å²) in [6, 6.07) is 3.84. The molecule has 1 heterocycles. The molecule has 2 aromatic rings. The fourth-order valence-corrected chi connectivity index (χ4v) is 1.83. The number of aryl methyl sites for hydroxylation is 3. The molecule has 0 atom stereocenters. The molecule has 74 valence electrons. The average molecular weight is 191 g/mol. The van der Waals surface area contributed by atoms with Crippen LogP contribution in [0.15, 0.2) is 16.9 Å². The summed E-state index contributed by atoms with van der Waals surface area (Å²) in [6.45, 7) is 1.97. The maximum Gasteiger partial charge on any atom is 0.328 e. The topological polar surface area (TPSA) is 52.9 Å². The first kappa shape index (κ1) is 8.87. The van der Waals surface area contributed by atoms with E-state index in [-0.39, 0.29) is 5.69 Å². The Morgan fingerprint density at radius 3 is 2.50 bits per heavy atom. The summed E-state index contributed by atoms with van der Waals surface area (Å²) in [7, 11) is 3.49. The number of fused-ring (bicyclic) bond motifs is 1. The molecule has 0 fully saturated rings. The molecule has 1 aromatic heterocycles. The molecular formula is C10H13N3O. The number of hydrogen-bond donors (Lipinski definition) is 1. The van der Waals surface area contributed by atoms with Gasteiger partial charge in [0.25, 0.3) is 0 Å². The molecule has 0 radical (unpaired) electrons. The third-order valence-corrected chi connectivity index (χ3v) is 2.53. The number of anilines is 1. The van der Waals surface area contributed by atoms with E-state index in [9.17, 15) is 4.79 Å². The van der Waals surface area contributed by atoms with Gasteiger partial charge in [0.2, 0.25) is 0 Å². The SMILES string of the molecule is Cc1cc(N)c2c(c1)n(C)c(=O)n2C. The second kappa shape index (κ2) is 2.64. The van der Waals surface area contributed by atoms with E-state index in [1.54, 1.807) is 23.2 Å². The Bertz CT molecular complexity index is 563. The molecule has 1 aromatic carbocycles. The summed E-state index contributed by atoms with van der Waals surface area (Å²) in [5, 5.41) is 0. The van der Waals surface area contributed by atoms with Crippen molar-refractivity contribution in [2.24, 2.45) is 14.1 Å². The van der Waals surface area contributed by atoms with E-state index in [2.05, 4.69) is 0 Å². The first-order valence-electron chi connectivity index (χ1n) is 4.44. The van der Waals surface area contributed by atoms with Crippen LogP contribution in [0.25, 0.3) is 11.0 Å². The van der Waals surface area contributed by atoms with E-state index >= 15 is 0 Å². The Morgan fingerprint density at radius 2 is 1.86 bits per heavy atom. The summed E-state index contributed by atoms with van der Waals surface area (Å²) in [4.78, 5) is 11.6. The van der Waals surface area contributed by atoms with E-state index in [1.807, 2.05) is 19.1 Å². The number of nitrogens with zero attached hydrogens (tertiary/aromatic N) is 2. The van der Waals surface area contributed by atoms with Crippen LogP contribution in [0.4, 0.5) is 5.69 Å². The van der Waals surface area contributed by atoms with Crippen molar-refractivity contribution < 1.29 is 0 Å². The van der Waals surface area contributed by atoms with Gasteiger partial charge in [0, 0.05) is 14.1 Å². The van der Waals surface area contributed by atoms with Crippen LogP contribution in [0.1, 0.15) is 5.56 Å². The molecule has 0 aliphatic carbocycles. The summed E-state index contributed by atoms with van der Waals surface area (Å²) >= 11 is 0. The summed E-state index contributed by atoms with van der Waals surface area (Å²) in [5.41, 5.74) is 9.23. The van der Waals surface area contributed by atoms with Gasteiger partial charge in [-0.2, -0.15) is 0 Å². The highest BCUT2D eigenvalue weighted by molar-refractivity contribution is 5.88. The molecule has 0 saturated heterocycles. The molecule has 0 saturated carbocycles. The molecule has 0 aliphatic rings. The minimum Gasteiger partial charge on any atom is -0.397 e. The lowest BCUT2D eigenvalue weighted by Gasteiger charge is -2.01.